The Kier molecular flexibility index (Phi) is 13.3. The van der Waals surface area contributed by atoms with E-state index in [4.69, 9.17) is 10.5 Å². The maximum Gasteiger partial charge on any atom is 0.258 e. The highest BCUT2D eigenvalue weighted by molar-refractivity contribution is 8.00. The van der Waals surface area contributed by atoms with Gasteiger partial charge in [-0.25, -0.2) is 0 Å². The summed E-state index contributed by atoms with van der Waals surface area (Å²) in [5.74, 6) is -2.99. The molecule has 1 heterocycles. The summed E-state index contributed by atoms with van der Waals surface area (Å²) >= 11 is 1.40. The Labute approximate surface area is 308 Å². The second kappa shape index (κ2) is 17.4. The highest BCUT2D eigenvalue weighted by atomic mass is 32.2. The molecule has 3 aromatic carbocycles. The summed E-state index contributed by atoms with van der Waals surface area (Å²) in [6.45, 7) is 8.73. The third kappa shape index (κ3) is 11.5. The van der Waals surface area contributed by atoms with Crippen molar-refractivity contribution in [2.24, 2.45) is 5.73 Å². The Balaban J connectivity index is 1.48. The lowest BCUT2D eigenvalue weighted by Gasteiger charge is -2.35. The van der Waals surface area contributed by atoms with E-state index < -0.39 is 71.2 Å². The number of carbonyl (C=O) groups excluding carboxylic acids is 5. The van der Waals surface area contributed by atoms with Gasteiger partial charge in [-0.2, -0.15) is 0 Å². The number of primary amides is 1. The molecule has 0 saturated carbocycles. The van der Waals surface area contributed by atoms with Gasteiger partial charge in [-0.3, -0.25) is 24.0 Å². The number of nitrogens with two attached hydrogens (primary N) is 1. The van der Waals surface area contributed by atoms with Gasteiger partial charge in [-0.05, 0) is 70.9 Å². The van der Waals surface area contributed by atoms with Crippen LogP contribution in [0.4, 0.5) is 11.4 Å². The quantitative estimate of drug-likeness (QED) is 0.136. The van der Waals surface area contributed by atoms with Crippen LogP contribution >= 0.6 is 11.8 Å². The van der Waals surface area contributed by atoms with Gasteiger partial charge in [0, 0.05) is 27.7 Å². The molecule has 0 unspecified atom stereocenters. The Morgan fingerprint density at radius 3 is 2.21 bits per heavy atom. The average Bonchev–Trinajstić information content (AvgIpc) is 3.41. The molecule has 1 aliphatic rings. The molecule has 3 aromatic rings. The summed E-state index contributed by atoms with van der Waals surface area (Å²) in [4.78, 5) is 67.4. The fourth-order valence-electron chi connectivity index (χ4n) is 5.73. The van der Waals surface area contributed by atoms with E-state index in [1.165, 1.54) is 16.7 Å². The summed E-state index contributed by atoms with van der Waals surface area (Å²) in [5, 5.41) is 22.9. The lowest BCUT2D eigenvalue weighted by molar-refractivity contribution is -0.148. The van der Waals surface area contributed by atoms with Crippen molar-refractivity contribution < 1.29 is 33.8 Å². The van der Waals surface area contributed by atoms with Crippen molar-refractivity contribution in [3.8, 4) is 5.75 Å². The van der Waals surface area contributed by atoms with Gasteiger partial charge in [0.1, 0.15) is 17.8 Å². The van der Waals surface area contributed by atoms with Crippen LogP contribution in [0.25, 0.3) is 0 Å². The standard InChI is InChI=1S/C38H48N6O7S/c1-37(2,3)43-35(49)33-38(4,5)52-23-44(33)36(50)32(47)28(19-24-13-8-6-9-14-24)42-34(48)29(21-30(39)45)41-31(46)22-51-27-18-12-17-26(20-27)40-25-15-10-7-11-16-25/h6-18,20,28-29,32-33,40,47H,19,21-23H2,1-5H3,(H2,39,45)(H,41,46)(H,42,48)(H,43,49)/t28-,29-,32-,33+/m0/s1. The zero-order valence-corrected chi connectivity index (χ0v) is 30.9. The largest absolute Gasteiger partial charge is 0.484 e. The number of amides is 5. The van der Waals surface area contributed by atoms with Crippen molar-refractivity contribution in [3.63, 3.8) is 0 Å². The van der Waals surface area contributed by atoms with Crippen LogP contribution in [0.5, 0.6) is 5.75 Å². The predicted molar refractivity (Wildman–Crippen MR) is 201 cm³/mol. The molecule has 0 radical (unpaired) electrons. The van der Waals surface area contributed by atoms with Gasteiger partial charge >= 0.3 is 0 Å². The minimum atomic E-state index is -1.78. The van der Waals surface area contributed by atoms with Gasteiger partial charge in [0.25, 0.3) is 11.8 Å². The average molecular weight is 733 g/mol. The number of benzene rings is 3. The first-order valence-electron chi connectivity index (χ1n) is 16.9. The topological polar surface area (TPSA) is 192 Å². The van der Waals surface area contributed by atoms with E-state index in [0.717, 1.165) is 11.4 Å². The zero-order chi connectivity index (χ0) is 38.1. The molecule has 4 rings (SSSR count). The number of carbonyl (C=O) groups is 5. The van der Waals surface area contributed by atoms with E-state index in [9.17, 15) is 29.1 Å². The van der Waals surface area contributed by atoms with Crippen LogP contribution in [0.3, 0.4) is 0 Å². The van der Waals surface area contributed by atoms with Gasteiger partial charge in [0.2, 0.25) is 17.7 Å². The first-order chi connectivity index (χ1) is 24.5. The molecule has 278 valence electrons. The molecule has 0 bridgehead atoms. The summed E-state index contributed by atoms with van der Waals surface area (Å²) < 4.78 is 5.00. The Morgan fingerprint density at radius 1 is 0.942 bits per heavy atom. The number of aliphatic hydroxyl groups is 1. The summed E-state index contributed by atoms with van der Waals surface area (Å²) in [7, 11) is 0. The van der Waals surface area contributed by atoms with Crippen molar-refractivity contribution in [2.75, 3.05) is 17.8 Å². The number of ether oxygens (including phenoxy) is 1. The maximum atomic E-state index is 14.0. The van der Waals surface area contributed by atoms with E-state index in [-0.39, 0.29) is 18.2 Å². The highest BCUT2D eigenvalue weighted by Crippen LogP contribution is 2.40. The fraction of sp³-hybridized carbons (Fsp3) is 0.395. The van der Waals surface area contributed by atoms with Crippen molar-refractivity contribution in [3.05, 3.63) is 90.5 Å². The Morgan fingerprint density at radius 2 is 1.58 bits per heavy atom. The number of hydrogen-bond acceptors (Lipinski definition) is 9. The van der Waals surface area contributed by atoms with Gasteiger partial charge in [-0.15, -0.1) is 11.8 Å². The van der Waals surface area contributed by atoms with Crippen LogP contribution in [0.15, 0.2) is 84.9 Å². The molecule has 0 spiro atoms. The fourth-order valence-corrected chi connectivity index (χ4v) is 6.87. The lowest BCUT2D eigenvalue weighted by Crippen LogP contribution is -2.61. The zero-order valence-electron chi connectivity index (χ0n) is 30.1. The minimum Gasteiger partial charge on any atom is -0.484 e. The van der Waals surface area contributed by atoms with Crippen LogP contribution in [0.2, 0.25) is 0 Å². The molecule has 4 atom stereocenters. The second-order valence-corrected chi connectivity index (χ2v) is 15.8. The summed E-state index contributed by atoms with van der Waals surface area (Å²) in [6, 6.07) is 21.8. The van der Waals surface area contributed by atoms with Crippen LogP contribution < -0.4 is 31.7 Å². The third-order valence-corrected chi connectivity index (χ3v) is 9.53. The number of nitrogens with zero attached hydrogens (tertiary/aromatic N) is 1. The van der Waals surface area contributed by atoms with E-state index >= 15 is 0 Å². The number of rotatable bonds is 15. The van der Waals surface area contributed by atoms with Crippen LogP contribution in [0.1, 0.15) is 46.6 Å². The molecule has 13 nitrogen and oxygen atoms in total. The van der Waals surface area contributed by atoms with Gasteiger partial charge in [0.15, 0.2) is 12.7 Å². The van der Waals surface area contributed by atoms with Crippen LogP contribution in [-0.2, 0) is 30.4 Å². The lowest BCUT2D eigenvalue weighted by atomic mass is 9.96. The van der Waals surface area contributed by atoms with Gasteiger partial charge in [0.05, 0.1) is 18.3 Å². The Bertz CT molecular complexity index is 1720. The molecule has 1 aliphatic heterocycles. The van der Waals surface area contributed by atoms with Gasteiger partial charge < -0.3 is 41.7 Å². The van der Waals surface area contributed by atoms with E-state index in [1.807, 2.05) is 71.0 Å². The normalized spacial score (nSPS) is 16.9. The van der Waals surface area contributed by atoms with Crippen molar-refractivity contribution >= 4 is 52.7 Å². The molecule has 1 fully saturated rings. The molecular weight excluding hydrogens is 685 g/mol. The van der Waals surface area contributed by atoms with Crippen molar-refractivity contribution in [1.82, 2.24) is 20.9 Å². The minimum absolute atomic E-state index is 0.0242. The SMILES string of the molecule is CC(C)(C)NC(=O)[C@H]1N(C(=O)[C@@H](O)[C@H](Cc2ccccc2)NC(=O)[C@H](CC(N)=O)NC(=O)COc2cccc(Nc3ccccc3)c2)CSC1(C)C. The van der Waals surface area contributed by atoms with Gasteiger partial charge in [-0.1, -0.05) is 54.6 Å². The first-order valence-corrected chi connectivity index (χ1v) is 17.9. The number of aliphatic hydroxyl groups excluding tert-OH is 1. The van der Waals surface area contributed by atoms with Crippen LogP contribution in [-0.4, -0.2) is 86.5 Å². The second-order valence-electron chi connectivity index (χ2n) is 14.2. The van der Waals surface area contributed by atoms with E-state index in [2.05, 4.69) is 21.3 Å². The predicted octanol–water partition coefficient (Wildman–Crippen LogP) is 2.85. The number of para-hydroxylation sites is 1. The number of nitrogens with one attached hydrogen (secondary N) is 4. The number of hydrogen-bond donors (Lipinski definition) is 6. The summed E-state index contributed by atoms with van der Waals surface area (Å²) in [5.41, 5.74) is 7.18. The third-order valence-electron chi connectivity index (χ3n) is 8.16. The van der Waals surface area contributed by atoms with Crippen molar-refractivity contribution in [2.45, 2.75) is 82.0 Å². The first kappa shape index (κ1) is 39.7. The Hall–Kier alpha value is -5.08. The van der Waals surface area contributed by atoms with E-state index in [1.54, 1.807) is 48.5 Å². The van der Waals surface area contributed by atoms with Crippen molar-refractivity contribution in [1.29, 1.82) is 0 Å². The smallest absolute Gasteiger partial charge is 0.258 e. The maximum absolute atomic E-state index is 14.0. The molecule has 14 heteroatoms. The molecular formula is C38H48N6O7S. The number of thioether (sulfide) groups is 1. The van der Waals surface area contributed by atoms with E-state index in [0.29, 0.717) is 11.3 Å². The molecule has 7 N–H and O–H groups in total. The molecule has 5 amide bonds. The molecule has 0 aliphatic carbocycles. The highest BCUT2D eigenvalue weighted by Gasteiger charge is 2.50. The number of anilines is 2. The monoisotopic (exact) mass is 732 g/mol. The molecule has 52 heavy (non-hydrogen) atoms. The van der Waals surface area contributed by atoms with Crippen LogP contribution in [0, 0.1) is 0 Å². The molecule has 1 saturated heterocycles. The molecule has 0 aromatic heterocycles. The summed E-state index contributed by atoms with van der Waals surface area (Å²) in [6.07, 6.45) is -2.31.